The van der Waals surface area contributed by atoms with E-state index >= 15 is 4.57 Å². The Bertz CT molecular complexity index is 1410. The highest BCUT2D eigenvalue weighted by molar-refractivity contribution is 7.73. The number of anilines is 1. The standard InChI is InChI=1S/C32H36NOP/c1-33(2)29-21-19-23-11-3-9-17-27(23)31(29)32-28-18-10-4-12-24(28)20-22-30(32)35(34,25-13-5-6-14-25)26-15-7-8-16-26/h3-4,9-12,17-22,25-26H,5-8,13-16H2,1-2H3. The molecule has 4 aromatic rings. The molecule has 4 aromatic carbocycles. The molecule has 2 aliphatic rings. The van der Waals surface area contributed by atoms with Crippen LogP contribution in [0, 0.1) is 0 Å². The van der Waals surface area contributed by atoms with Crippen LogP contribution in [0.25, 0.3) is 32.7 Å². The highest BCUT2D eigenvalue weighted by Gasteiger charge is 2.45. The van der Waals surface area contributed by atoms with Crippen LogP contribution in [0.15, 0.2) is 72.8 Å². The van der Waals surface area contributed by atoms with Gasteiger partial charge in [0.1, 0.15) is 7.14 Å². The van der Waals surface area contributed by atoms with E-state index < -0.39 is 7.14 Å². The summed E-state index contributed by atoms with van der Waals surface area (Å²) in [6, 6.07) is 26.4. The van der Waals surface area contributed by atoms with Gasteiger partial charge in [-0.05, 0) is 53.3 Å². The van der Waals surface area contributed by atoms with Crippen LogP contribution in [0.1, 0.15) is 51.4 Å². The summed E-state index contributed by atoms with van der Waals surface area (Å²) in [5.74, 6) is 0. The van der Waals surface area contributed by atoms with Gasteiger partial charge in [-0.15, -0.1) is 0 Å². The van der Waals surface area contributed by atoms with E-state index in [4.69, 9.17) is 0 Å². The van der Waals surface area contributed by atoms with Crippen molar-refractivity contribution < 1.29 is 4.57 Å². The molecule has 0 amide bonds. The van der Waals surface area contributed by atoms with Crippen molar-refractivity contribution >= 4 is 39.7 Å². The second-order valence-electron chi connectivity index (χ2n) is 10.8. The molecule has 0 aromatic heterocycles. The maximum Gasteiger partial charge on any atom is 0.122 e. The summed E-state index contributed by atoms with van der Waals surface area (Å²) in [4.78, 5) is 2.23. The van der Waals surface area contributed by atoms with Gasteiger partial charge in [-0.25, -0.2) is 0 Å². The zero-order chi connectivity index (χ0) is 24.0. The van der Waals surface area contributed by atoms with Crippen molar-refractivity contribution in [2.75, 3.05) is 19.0 Å². The second-order valence-corrected chi connectivity index (χ2v) is 14.2. The molecule has 6 rings (SSSR count). The number of nitrogens with zero attached hydrogens (tertiary/aromatic N) is 1. The molecule has 0 atom stereocenters. The van der Waals surface area contributed by atoms with E-state index in [0.717, 1.165) is 31.0 Å². The fraction of sp³-hybridized carbons (Fsp3) is 0.375. The van der Waals surface area contributed by atoms with Crippen LogP contribution >= 0.6 is 7.14 Å². The molecular formula is C32H36NOP. The molecule has 0 spiro atoms. The number of hydrogen-bond donors (Lipinski definition) is 0. The molecule has 2 saturated carbocycles. The van der Waals surface area contributed by atoms with Crippen LogP contribution in [0.4, 0.5) is 5.69 Å². The summed E-state index contributed by atoms with van der Waals surface area (Å²) < 4.78 is 15.7. The third-order valence-corrected chi connectivity index (χ3v) is 13.0. The normalized spacial score (nSPS) is 17.5. The third kappa shape index (κ3) is 3.73. The molecule has 35 heavy (non-hydrogen) atoms. The van der Waals surface area contributed by atoms with Crippen LogP contribution in [-0.2, 0) is 4.57 Å². The number of benzene rings is 4. The Morgan fingerprint density at radius 1 is 0.629 bits per heavy atom. The maximum atomic E-state index is 15.7. The average molecular weight is 482 g/mol. The predicted molar refractivity (Wildman–Crippen MR) is 153 cm³/mol. The molecule has 2 aliphatic carbocycles. The van der Waals surface area contributed by atoms with Crippen LogP contribution in [0.5, 0.6) is 0 Å². The Balaban J connectivity index is 1.75. The Morgan fingerprint density at radius 2 is 1.11 bits per heavy atom. The highest BCUT2D eigenvalue weighted by Crippen LogP contribution is 2.64. The smallest absolute Gasteiger partial charge is 0.122 e. The van der Waals surface area contributed by atoms with Gasteiger partial charge in [-0.3, -0.25) is 0 Å². The van der Waals surface area contributed by atoms with E-state index in [-0.39, 0.29) is 0 Å². The number of fused-ring (bicyclic) bond motifs is 2. The van der Waals surface area contributed by atoms with Crippen molar-refractivity contribution in [3.63, 3.8) is 0 Å². The fourth-order valence-electron chi connectivity index (χ4n) is 6.98. The molecular weight excluding hydrogens is 445 g/mol. The van der Waals surface area contributed by atoms with Crippen LogP contribution in [-0.4, -0.2) is 25.4 Å². The van der Waals surface area contributed by atoms with Crippen molar-refractivity contribution in [2.45, 2.75) is 62.7 Å². The molecule has 0 heterocycles. The minimum absolute atomic E-state index is 0.336. The van der Waals surface area contributed by atoms with Crippen molar-refractivity contribution in [2.24, 2.45) is 0 Å². The third-order valence-electron chi connectivity index (χ3n) is 8.66. The zero-order valence-corrected chi connectivity index (χ0v) is 21.9. The van der Waals surface area contributed by atoms with Gasteiger partial charge in [0.25, 0.3) is 0 Å². The van der Waals surface area contributed by atoms with Gasteiger partial charge in [0.2, 0.25) is 0 Å². The Morgan fingerprint density at radius 3 is 1.66 bits per heavy atom. The van der Waals surface area contributed by atoms with Gasteiger partial charge in [0.05, 0.1) is 0 Å². The lowest BCUT2D eigenvalue weighted by Crippen LogP contribution is -2.25. The molecule has 0 N–H and O–H groups in total. The van der Waals surface area contributed by atoms with Gasteiger partial charge in [-0.2, -0.15) is 0 Å². The predicted octanol–water partition coefficient (Wildman–Crippen LogP) is 8.60. The first-order valence-electron chi connectivity index (χ1n) is 13.4. The fourth-order valence-corrected chi connectivity index (χ4v) is 11.5. The number of hydrogen-bond acceptors (Lipinski definition) is 2. The molecule has 0 radical (unpaired) electrons. The monoisotopic (exact) mass is 481 g/mol. The van der Waals surface area contributed by atoms with Crippen LogP contribution in [0.2, 0.25) is 0 Å². The summed E-state index contributed by atoms with van der Waals surface area (Å²) in [6.07, 6.45) is 9.38. The number of rotatable bonds is 5. The topological polar surface area (TPSA) is 20.3 Å². The minimum atomic E-state index is -2.62. The van der Waals surface area contributed by atoms with E-state index in [0.29, 0.717) is 11.3 Å². The van der Waals surface area contributed by atoms with Crippen LogP contribution in [0.3, 0.4) is 0 Å². The van der Waals surface area contributed by atoms with Gasteiger partial charge in [0.15, 0.2) is 0 Å². The van der Waals surface area contributed by atoms with Crippen LogP contribution < -0.4 is 10.2 Å². The summed E-state index contributed by atoms with van der Waals surface area (Å²) in [6.45, 7) is 0. The molecule has 2 fully saturated rings. The van der Waals surface area contributed by atoms with E-state index in [9.17, 15) is 0 Å². The molecule has 0 bridgehead atoms. The Labute approximate surface area is 209 Å². The largest absolute Gasteiger partial charge is 0.377 e. The lowest BCUT2D eigenvalue weighted by molar-refractivity contribution is 0.558. The first-order chi connectivity index (χ1) is 17.1. The van der Waals surface area contributed by atoms with Crippen molar-refractivity contribution in [1.82, 2.24) is 0 Å². The Kier molecular flexibility index (Phi) is 5.97. The molecule has 0 saturated heterocycles. The quantitative estimate of drug-likeness (QED) is 0.266. The lowest BCUT2D eigenvalue weighted by Gasteiger charge is -2.33. The van der Waals surface area contributed by atoms with Gasteiger partial charge in [0, 0.05) is 47.5 Å². The first-order valence-corrected chi connectivity index (χ1v) is 15.2. The highest BCUT2D eigenvalue weighted by atomic mass is 31.2. The summed E-state index contributed by atoms with van der Waals surface area (Å²) in [5, 5.41) is 6.12. The second kappa shape index (κ2) is 9.14. The molecule has 2 nitrogen and oxygen atoms in total. The van der Waals surface area contributed by atoms with Crippen molar-refractivity contribution in [1.29, 1.82) is 0 Å². The van der Waals surface area contributed by atoms with Gasteiger partial charge in [-0.1, -0.05) is 92.4 Å². The van der Waals surface area contributed by atoms with Crippen molar-refractivity contribution in [3.8, 4) is 11.1 Å². The molecule has 3 heteroatoms. The summed E-state index contributed by atoms with van der Waals surface area (Å²) in [7, 11) is 1.64. The molecule has 0 aliphatic heterocycles. The molecule has 180 valence electrons. The average Bonchev–Trinajstić information content (AvgIpc) is 3.62. The summed E-state index contributed by atoms with van der Waals surface area (Å²) in [5.41, 5.74) is 4.35. The zero-order valence-electron chi connectivity index (χ0n) is 21.0. The van der Waals surface area contributed by atoms with E-state index in [2.05, 4.69) is 91.8 Å². The lowest BCUT2D eigenvalue weighted by atomic mass is 9.92. The summed E-state index contributed by atoms with van der Waals surface area (Å²) >= 11 is 0. The van der Waals surface area contributed by atoms with E-state index in [1.807, 2.05) is 0 Å². The van der Waals surface area contributed by atoms with Crippen molar-refractivity contribution in [3.05, 3.63) is 72.8 Å². The van der Waals surface area contributed by atoms with Gasteiger partial charge >= 0.3 is 0 Å². The minimum Gasteiger partial charge on any atom is -0.377 e. The van der Waals surface area contributed by atoms with Gasteiger partial charge < -0.3 is 9.46 Å². The Hall–Kier alpha value is -2.57. The molecule has 0 unspecified atom stereocenters. The van der Waals surface area contributed by atoms with E-state index in [1.165, 1.54) is 64.0 Å². The maximum absolute atomic E-state index is 15.7. The SMILES string of the molecule is CN(C)c1ccc2ccccc2c1-c1c(P(=O)(C2CCCC2)C2CCCC2)ccc2ccccc12. The van der Waals surface area contributed by atoms with E-state index in [1.54, 1.807) is 0 Å². The first kappa shape index (κ1) is 22.9.